The lowest BCUT2D eigenvalue weighted by Gasteiger charge is -1.99. The van der Waals surface area contributed by atoms with E-state index in [0.717, 1.165) is 0 Å². The Balaban J connectivity index is 3.17. The molecule has 5 nitrogen and oxygen atoms in total. The Morgan fingerprint density at radius 3 is 2.91 bits per heavy atom. The van der Waals surface area contributed by atoms with Gasteiger partial charge in [-0.15, -0.1) is 0 Å². The van der Waals surface area contributed by atoms with Crippen LogP contribution < -0.4 is 5.73 Å². The van der Waals surface area contributed by atoms with Crippen LogP contribution in [-0.4, -0.2) is 20.6 Å². The molecule has 0 aliphatic rings. The number of imidazole rings is 1. The number of nitrogens with two attached hydrogens (primary N) is 1. The molecule has 0 atom stereocenters. The molecule has 0 unspecified atom stereocenters. The summed E-state index contributed by atoms with van der Waals surface area (Å²) in [5.41, 5.74) is 5.04. The third-order valence-electron chi connectivity index (χ3n) is 1.39. The Hall–Kier alpha value is -1.52. The van der Waals surface area contributed by atoms with Crippen LogP contribution in [0.2, 0.25) is 0 Å². The fraction of sp³-hybridized carbons (Fsp3) is 0.333. The van der Waals surface area contributed by atoms with E-state index in [1.807, 2.05) is 6.92 Å². The molecule has 1 aromatic rings. The van der Waals surface area contributed by atoms with E-state index >= 15 is 0 Å². The lowest BCUT2D eigenvalue weighted by molar-refractivity contribution is 0.0988. The lowest BCUT2D eigenvalue weighted by Crippen LogP contribution is -2.16. The van der Waals surface area contributed by atoms with Gasteiger partial charge in [0.05, 0.1) is 6.33 Å². The Bertz CT molecular complexity index is 279. The van der Waals surface area contributed by atoms with Gasteiger partial charge in [-0.2, -0.15) is 0 Å². The average molecular weight is 155 g/mol. The maximum absolute atomic E-state index is 10.7. The molecule has 1 rings (SSSR count). The van der Waals surface area contributed by atoms with E-state index < -0.39 is 5.91 Å². The molecule has 0 spiro atoms. The Kier molecular flexibility index (Phi) is 1.80. The second-order valence-corrected chi connectivity index (χ2v) is 2.07. The van der Waals surface area contributed by atoms with Crippen molar-refractivity contribution < 1.29 is 9.90 Å². The zero-order chi connectivity index (χ0) is 8.43. The third kappa shape index (κ3) is 1.17. The van der Waals surface area contributed by atoms with E-state index in [1.165, 1.54) is 10.9 Å². The molecule has 0 bridgehead atoms. The van der Waals surface area contributed by atoms with Gasteiger partial charge in [0.1, 0.15) is 0 Å². The highest BCUT2D eigenvalue weighted by Gasteiger charge is 2.13. The maximum Gasteiger partial charge on any atom is 0.271 e. The number of hydrogen-bond donors (Lipinski definition) is 2. The molecule has 1 aromatic heterocycles. The number of rotatable bonds is 2. The highest BCUT2D eigenvalue weighted by molar-refractivity contribution is 5.93. The minimum Gasteiger partial charge on any atom is -0.492 e. The Morgan fingerprint density at radius 2 is 2.55 bits per heavy atom. The molecule has 1 heterocycles. The first kappa shape index (κ1) is 7.59. The van der Waals surface area contributed by atoms with Gasteiger partial charge in [-0.3, -0.25) is 4.79 Å². The second kappa shape index (κ2) is 2.61. The summed E-state index contributed by atoms with van der Waals surface area (Å²) in [6.07, 6.45) is 1.37. The smallest absolute Gasteiger partial charge is 0.271 e. The minimum atomic E-state index is -0.665. The molecular weight excluding hydrogens is 146 g/mol. The predicted molar refractivity (Wildman–Crippen MR) is 38.1 cm³/mol. The molecule has 1 amide bonds. The van der Waals surface area contributed by atoms with Crippen molar-refractivity contribution >= 4 is 5.91 Å². The summed E-state index contributed by atoms with van der Waals surface area (Å²) < 4.78 is 1.48. The van der Waals surface area contributed by atoms with Gasteiger partial charge in [-0.25, -0.2) is 4.98 Å². The van der Waals surface area contributed by atoms with Crippen molar-refractivity contribution in [3.8, 4) is 5.88 Å². The monoisotopic (exact) mass is 155 g/mol. The van der Waals surface area contributed by atoms with E-state index in [2.05, 4.69) is 4.98 Å². The van der Waals surface area contributed by atoms with Gasteiger partial charge in [0.25, 0.3) is 5.91 Å². The van der Waals surface area contributed by atoms with Crippen LogP contribution in [0.4, 0.5) is 0 Å². The van der Waals surface area contributed by atoms with Gasteiger partial charge >= 0.3 is 0 Å². The first-order chi connectivity index (χ1) is 5.16. The fourth-order valence-corrected chi connectivity index (χ4v) is 0.863. The van der Waals surface area contributed by atoms with E-state index in [9.17, 15) is 4.79 Å². The molecule has 0 radical (unpaired) electrons. The number of aryl methyl sites for hydroxylation is 1. The molecule has 0 saturated carbocycles. The van der Waals surface area contributed by atoms with Crippen LogP contribution in [0.15, 0.2) is 6.33 Å². The number of carbonyl (C=O) groups excluding carboxylic acids is 1. The standard InChI is InChI=1S/C6H9N3O2/c1-2-9-3-8-6(11)4(9)5(7)10/h3,11H,2H2,1H3,(H2,7,10). The SMILES string of the molecule is CCn1cnc(O)c1C(N)=O. The first-order valence-corrected chi connectivity index (χ1v) is 3.20. The number of hydrogen-bond acceptors (Lipinski definition) is 3. The average Bonchev–Trinajstić information content (AvgIpc) is 2.30. The number of aromatic hydroxyl groups is 1. The largest absolute Gasteiger partial charge is 0.492 e. The summed E-state index contributed by atoms with van der Waals surface area (Å²) in [6.45, 7) is 2.39. The van der Waals surface area contributed by atoms with Gasteiger partial charge in [0, 0.05) is 6.54 Å². The quantitative estimate of drug-likeness (QED) is 0.615. The molecule has 5 heteroatoms. The van der Waals surface area contributed by atoms with Crippen LogP contribution in [0, 0.1) is 0 Å². The van der Waals surface area contributed by atoms with Crippen molar-refractivity contribution in [1.29, 1.82) is 0 Å². The molecule has 3 N–H and O–H groups in total. The van der Waals surface area contributed by atoms with Crippen LogP contribution in [0.1, 0.15) is 17.4 Å². The van der Waals surface area contributed by atoms with Crippen LogP contribution >= 0.6 is 0 Å². The lowest BCUT2D eigenvalue weighted by atomic mass is 10.4. The summed E-state index contributed by atoms with van der Waals surface area (Å²) in [7, 11) is 0. The topological polar surface area (TPSA) is 81.1 Å². The van der Waals surface area contributed by atoms with Gasteiger partial charge in [0.2, 0.25) is 5.88 Å². The Morgan fingerprint density at radius 1 is 1.91 bits per heavy atom. The predicted octanol–water partition coefficient (Wildman–Crippen LogP) is -0.293. The zero-order valence-corrected chi connectivity index (χ0v) is 6.11. The van der Waals surface area contributed by atoms with Crippen molar-refractivity contribution in [1.82, 2.24) is 9.55 Å². The van der Waals surface area contributed by atoms with Crippen molar-refractivity contribution in [2.45, 2.75) is 13.5 Å². The van der Waals surface area contributed by atoms with Crippen LogP contribution in [0.3, 0.4) is 0 Å². The van der Waals surface area contributed by atoms with Crippen LogP contribution in [0.25, 0.3) is 0 Å². The summed E-state index contributed by atoms with van der Waals surface area (Å²) in [5, 5.41) is 9.00. The Labute approximate surface area is 63.5 Å². The number of amides is 1. The summed E-state index contributed by atoms with van der Waals surface area (Å²) in [6, 6.07) is 0. The van der Waals surface area contributed by atoms with Crippen molar-refractivity contribution in [3.05, 3.63) is 12.0 Å². The normalized spacial score (nSPS) is 9.91. The molecule has 0 aromatic carbocycles. The third-order valence-corrected chi connectivity index (χ3v) is 1.39. The van der Waals surface area contributed by atoms with Gasteiger partial charge < -0.3 is 15.4 Å². The number of aromatic nitrogens is 2. The number of nitrogens with zero attached hydrogens (tertiary/aromatic N) is 2. The summed E-state index contributed by atoms with van der Waals surface area (Å²) >= 11 is 0. The zero-order valence-electron chi connectivity index (χ0n) is 6.11. The number of primary amides is 1. The van der Waals surface area contributed by atoms with E-state index in [4.69, 9.17) is 10.8 Å². The maximum atomic E-state index is 10.7. The molecule has 0 fully saturated rings. The highest BCUT2D eigenvalue weighted by Crippen LogP contribution is 2.12. The molecular formula is C6H9N3O2. The minimum absolute atomic E-state index is 0.0625. The molecule has 0 aliphatic carbocycles. The van der Waals surface area contributed by atoms with Crippen molar-refractivity contribution in [3.63, 3.8) is 0 Å². The van der Waals surface area contributed by atoms with Gasteiger partial charge in [-0.05, 0) is 6.92 Å². The van der Waals surface area contributed by atoms with Crippen molar-refractivity contribution in [2.75, 3.05) is 0 Å². The number of carbonyl (C=O) groups is 1. The highest BCUT2D eigenvalue weighted by atomic mass is 16.3. The summed E-state index contributed by atoms with van der Waals surface area (Å²) in [4.78, 5) is 14.2. The fourth-order valence-electron chi connectivity index (χ4n) is 0.863. The van der Waals surface area contributed by atoms with E-state index in [0.29, 0.717) is 6.54 Å². The second-order valence-electron chi connectivity index (χ2n) is 2.07. The molecule has 60 valence electrons. The van der Waals surface area contributed by atoms with Gasteiger partial charge in [-0.1, -0.05) is 0 Å². The van der Waals surface area contributed by atoms with Crippen LogP contribution in [-0.2, 0) is 6.54 Å². The van der Waals surface area contributed by atoms with Crippen LogP contribution in [0.5, 0.6) is 5.88 Å². The van der Waals surface area contributed by atoms with Gasteiger partial charge in [0.15, 0.2) is 5.69 Å². The van der Waals surface area contributed by atoms with Crippen molar-refractivity contribution in [2.24, 2.45) is 5.73 Å². The summed E-state index contributed by atoms with van der Waals surface area (Å²) in [5.74, 6) is -0.971. The first-order valence-electron chi connectivity index (χ1n) is 3.20. The molecule has 0 saturated heterocycles. The van der Waals surface area contributed by atoms with E-state index in [1.54, 1.807) is 0 Å². The molecule has 11 heavy (non-hydrogen) atoms. The van der Waals surface area contributed by atoms with E-state index in [-0.39, 0.29) is 11.6 Å². The molecule has 0 aliphatic heterocycles.